The van der Waals surface area contributed by atoms with Gasteiger partial charge in [0.2, 0.25) is 4.73 Å². The van der Waals surface area contributed by atoms with Gasteiger partial charge in [-0.3, -0.25) is 4.40 Å². The molecular weight excluding hydrogens is 208 g/mol. The van der Waals surface area contributed by atoms with Crippen LogP contribution in [-0.2, 0) is 0 Å². The third-order valence-corrected chi connectivity index (χ3v) is 1.89. The highest BCUT2D eigenvalue weighted by molar-refractivity contribution is 9.10. The standard InChI is InChI=1S/C6H5BrN4/c1-4-2-8-6-10-9-5(7)11(6)3-4/h2-3H,1H3. The van der Waals surface area contributed by atoms with Crippen LogP contribution in [0.5, 0.6) is 0 Å². The third kappa shape index (κ3) is 1.01. The van der Waals surface area contributed by atoms with Crippen LogP contribution in [0.2, 0.25) is 0 Å². The zero-order valence-electron chi connectivity index (χ0n) is 5.82. The fraction of sp³-hybridized carbons (Fsp3) is 0.167. The van der Waals surface area contributed by atoms with E-state index in [1.165, 1.54) is 0 Å². The summed E-state index contributed by atoms with van der Waals surface area (Å²) in [5.41, 5.74) is 1.08. The van der Waals surface area contributed by atoms with Gasteiger partial charge in [0.1, 0.15) is 0 Å². The number of fused-ring (bicyclic) bond motifs is 1. The quantitative estimate of drug-likeness (QED) is 0.660. The van der Waals surface area contributed by atoms with E-state index < -0.39 is 0 Å². The first-order chi connectivity index (χ1) is 5.27. The molecule has 11 heavy (non-hydrogen) atoms. The van der Waals surface area contributed by atoms with Gasteiger partial charge in [-0.05, 0) is 28.4 Å². The summed E-state index contributed by atoms with van der Waals surface area (Å²) in [6.45, 7) is 1.97. The molecule has 0 N–H and O–H groups in total. The first kappa shape index (κ1) is 6.72. The molecule has 2 heterocycles. The van der Waals surface area contributed by atoms with E-state index in [1.807, 2.05) is 13.1 Å². The van der Waals surface area contributed by atoms with E-state index in [0.717, 1.165) is 5.56 Å². The van der Waals surface area contributed by atoms with Gasteiger partial charge in [-0.2, -0.15) is 0 Å². The molecule has 0 aliphatic carbocycles. The van der Waals surface area contributed by atoms with Crippen molar-refractivity contribution in [2.45, 2.75) is 6.92 Å². The maximum absolute atomic E-state index is 4.06. The molecule has 5 heteroatoms. The minimum Gasteiger partial charge on any atom is -0.261 e. The van der Waals surface area contributed by atoms with Crippen molar-refractivity contribution < 1.29 is 0 Å². The van der Waals surface area contributed by atoms with Crippen LogP contribution in [0.3, 0.4) is 0 Å². The molecule has 0 saturated carbocycles. The summed E-state index contributed by atoms with van der Waals surface area (Å²) in [5.74, 6) is 0.613. The molecule has 0 unspecified atom stereocenters. The molecule has 2 rings (SSSR count). The van der Waals surface area contributed by atoms with Gasteiger partial charge in [0.15, 0.2) is 0 Å². The second kappa shape index (κ2) is 2.27. The predicted molar refractivity (Wildman–Crippen MR) is 43.2 cm³/mol. The summed E-state index contributed by atoms with van der Waals surface area (Å²) in [7, 11) is 0. The molecule has 0 aliphatic rings. The number of aromatic nitrogens is 4. The topological polar surface area (TPSA) is 43.1 Å². The maximum Gasteiger partial charge on any atom is 0.255 e. The lowest BCUT2D eigenvalue weighted by Gasteiger charge is -1.92. The molecule has 0 aliphatic heterocycles. The van der Waals surface area contributed by atoms with Crippen LogP contribution < -0.4 is 0 Å². The molecule has 0 aromatic carbocycles. The normalized spacial score (nSPS) is 10.7. The van der Waals surface area contributed by atoms with E-state index in [0.29, 0.717) is 10.5 Å². The Morgan fingerprint density at radius 2 is 2.27 bits per heavy atom. The number of hydrogen-bond acceptors (Lipinski definition) is 3. The highest BCUT2D eigenvalue weighted by Gasteiger charge is 2.00. The Hall–Kier alpha value is -0.970. The van der Waals surface area contributed by atoms with Gasteiger partial charge in [0, 0.05) is 12.4 Å². The number of halogens is 1. The summed E-state index contributed by atoms with van der Waals surface area (Å²) in [6, 6.07) is 0. The Balaban J connectivity index is 2.87. The van der Waals surface area contributed by atoms with Gasteiger partial charge in [0.05, 0.1) is 0 Å². The molecule has 4 nitrogen and oxygen atoms in total. The van der Waals surface area contributed by atoms with Crippen molar-refractivity contribution in [1.29, 1.82) is 0 Å². The summed E-state index contributed by atoms with van der Waals surface area (Å²) in [4.78, 5) is 4.06. The zero-order chi connectivity index (χ0) is 7.84. The number of aryl methyl sites for hydroxylation is 1. The average Bonchev–Trinajstić information content (AvgIpc) is 2.33. The first-order valence-electron chi connectivity index (χ1n) is 3.10. The Morgan fingerprint density at radius 1 is 1.45 bits per heavy atom. The van der Waals surface area contributed by atoms with E-state index in [2.05, 4.69) is 31.1 Å². The summed E-state index contributed by atoms with van der Waals surface area (Å²) in [5, 5.41) is 7.62. The minimum atomic E-state index is 0.613. The summed E-state index contributed by atoms with van der Waals surface area (Å²) < 4.78 is 2.47. The van der Waals surface area contributed by atoms with Gasteiger partial charge >= 0.3 is 0 Å². The van der Waals surface area contributed by atoms with Crippen molar-refractivity contribution >= 4 is 21.7 Å². The fourth-order valence-electron chi connectivity index (χ4n) is 0.860. The van der Waals surface area contributed by atoms with Gasteiger partial charge in [-0.25, -0.2) is 4.98 Å². The summed E-state index contributed by atoms with van der Waals surface area (Å²) in [6.07, 6.45) is 3.68. The van der Waals surface area contributed by atoms with Crippen molar-refractivity contribution in [3.05, 3.63) is 22.7 Å². The van der Waals surface area contributed by atoms with Gasteiger partial charge in [-0.1, -0.05) is 0 Å². The average molecular weight is 213 g/mol. The second-order valence-corrected chi connectivity index (χ2v) is 2.98. The number of rotatable bonds is 0. The molecule has 0 fully saturated rings. The fourth-order valence-corrected chi connectivity index (χ4v) is 1.20. The Kier molecular flexibility index (Phi) is 1.38. The van der Waals surface area contributed by atoms with Crippen molar-refractivity contribution in [1.82, 2.24) is 19.6 Å². The van der Waals surface area contributed by atoms with E-state index in [9.17, 15) is 0 Å². The Labute approximate surface area is 71.4 Å². The monoisotopic (exact) mass is 212 g/mol. The van der Waals surface area contributed by atoms with Crippen LogP contribution in [0.1, 0.15) is 5.56 Å². The van der Waals surface area contributed by atoms with Crippen LogP contribution in [0.15, 0.2) is 17.1 Å². The van der Waals surface area contributed by atoms with Gasteiger partial charge < -0.3 is 0 Å². The van der Waals surface area contributed by atoms with Crippen molar-refractivity contribution in [3.8, 4) is 0 Å². The Bertz CT molecular complexity index is 394. The first-order valence-corrected chi connectivity index (χ1v) is 3.89. The van der Waals surface area contributed by atoms with E-state index in [4.69, 9.17) is 0 Å². The molecule has 0 bridgehead atoms. The number of nitrogens with zero attached hydrogens (tertiary/aromatic N) is 4. The highest BCUT2D eigenvalue weighted by atomic mass is 79.9. The molecule has 2 aromatic heterocycles. The van der Waals surface area contributed by atoms with Gasteiger partial charge in [0.25, 0.3) is 5.78 Å². The third-order valence-electron chi connectivity index (χ3n) is 1.35. The van der Waals surface area contributed by atoms with E-state index in [-0.39, 0.29) is 0 Å². The second-order valence-electron chi connectivity index (χ2n) is 2.27. The molecular formula is C6H5BrN4. The molecule has 0 saturated heterocycles. The van der Waals surface area contributed by atoms with Crippen molar-refractivity contribution in [2.24, 2.45) is 0 Å². The lowest BCUT2D eigenvalue weighted by molar-refractivity contribution is 1.04. The van der Waals surface area contributed by atoms with Crippen molar-refractivity contribution in [3.63, 3.8) is 0 Å². The van der Waals surface area contributed by atoms with Crippen molar-refractivity contribution in [2.75, 3.05) is 0 Å². The van der Waals surface area contributed by atoms with E-state index >= 15 is 0 Å². The molecule has 2 aromatic rings. The van der Waals surface area contributed by atoms with E-state index in [1.54, 1.807) is 10.6 Å². The SMILES string of the molecule is Cc1cnc2nnc(Br)n2c1. The maximum atomic E-state index is 4.06. The lowest BCUT2D eigenvalue weighted by atomic mass is 10.4. The number of hydrogen-bond donors (Lipinski definition) is 0. The molecule has 0 amide bonds. The molecule has 0 spiro atoms. The summed E-state index contributed by atoms with van der Waals surface area (Å²) >= 11 is 3.25. The van der Waals surface area contributed by atoms with Crippen LogP contribution in [0.25, 0.3) is 5.78 Å². The molecule has 0 atom stereocenters. The molecule has 0 radical (unpaired) electrons. The predicted octanol–water partition coefficient (Wildman–Crippen LogP) is 1.20. The van der Waals surface area contributed by atoms with Crippen LogP contribution in [0, 0.1) is 6.92 Å². The smallest absolute Gasteiger partial charge is 0.255 e. The highest BCUT2D eigenvalue weighted by Crippen LogP contribution is 2.07. The van der Waals surface area contributed by atoms with Crippen LogP contribution >= 0.6 is 15.9 Å². The minimum absolute atomic E-state index is 0.613. The largest absolute Gasteiger partial charge is 0.261 e. The van der Waals surface area contributed by atoms with Crippen LogP contribution in [-0.4, -0.2) is 19.6 Å². The zero-order valence-corrected chi connectivity index (χ0v) is 7.41. The van der Waals surface area contributed by atoms with Crippen LogP contribution in [0.4, 0.5) is 0 Å². The lowest BCUT2D eigenvalue weighted by Crippen LogP contribution is -1.89. The van der Waals surface area contributed by atoms with Gasteiger partial charge in [-0.15, -0.1) is 10.2 Å². The Morgan fingerprint density at radius 3 is 3.09 bits per heavy atom. The molecule has 56 valence electrons.